The Kier molecular flexibility index (Phi) is 17.3. The van der Waals surface area contributed by atoms with Crippen molar-refractivity contribution in [2.45, 2.75) is 248 Å². The predicted octanol–water partition coefficient (Wildman–Crippen LogP) is -1.38. The third kappa shape index (κ3) is 9.87. The largest absolute Gasteiger partial charge is 0.467 e. The number of esters is 1. The van der Waals surface area contributed by atoms with Gasteiger partial charge in [-0.05, 0) is 110 Å². The lowest BCUT2D eigenvalue weighted by atomic mass is 9.33. The molecule has 0 aromatic carbocycles. The van der Waals surface area contributed by atoms with E-state index in [0.29, 0.717) is 19.3 Å². The van der Waals surface area contributed by atoms with Gasteiger partial charge in [0.1, 0.15) is 85.5 Å². The molecule has 0 aromatic rings. The van der Waals surface area contributed by atoms with Crippen LogP contribution in [0, 0.1) is 50.2 Å². The number of carbonyl (C=O) groups excluding carboxylic acids is 1. The number of carbonyl (C=O) groups is 1. The van der Waals surface area contributed by atoms with Crippen LogP contribution in [0.5, 0.6) is 0 Å². The first kappa shape index (κ1) is 60.9. The van der Waals surface area contributed by atoms with Crippen molar-refractivity contribution in [3.63, 3.8) is 0 Å². The van der Waals surface area contributed by atoms with Crippen molar-refractivity contribution < 1.29 is 114 Å². The summed E-state index contributed by atoms with van der Waals surface area (Å²) in [5, 5.41) is 141. The molecule has 0 radical (unpaired) electrons. The van der Waals surface area contributed by atoms with Crippen molar-refractivity contribution in [3.8, 4) is 0 Å². The van der Waals surface area contributed by atoms with Crippen LogP contribution in [0.15, 0.2) is 11.6 Å². The molecule has 4 heterocycles. The lowest BCUT2D eigenvalue weighted by Gasteiger charge is -2.72. The molecule has 9 aliphatic rings. The summed E-state index contributed by atoms with van der Waals surface area (Å²) in [4.78, 5) is 13.1. The molecule has 78 heavy (non-hydrogen) atoms. The molecule has 4 saturated heterocycles. The summed E-state index contributed by atoms with van der Waals surface area (Å²) in [7, 11) is 1.10. The molecule has 0 bridgehead atoms. The molecule has 8 fully saturated rings. The summed E-state index contributed by atoms with van der Waals surface area (Å²) >= 11 is 0. The lowest BCUT2D eigenvalue weighted by Crippen LogP contribution is -2.68. The zero-order valence-electron chi connectivity index (χ0n) is 46.4. The molecule has 30 atom stereocenters. The van der Waals surface area contributed by atoms with E-state index in [1.54, 1.807) is 0 Å². The molecule has 23 nitrogen and oxygen atoms in total. The maximum Gasteiger partial charge on any atom is 0.337 e. The Morgan fingerprint density at radius 3 is 1.81 bits per heavy atom. The molecule has 4 saturated carbocycles. The molecule has 13 N–H and O–H groups in total. The van der Waals surface area contributed by atoms with Crippen LogP contribution in [0.4, 0.5) is 0 Å². The highest BCUT2D eigenvalue weighted by molar-refractivity contribution is 5.75. The van der Waals surface area contributed by atoms with Crippen LogP contribution in [0.1, 0.15) is 113 Å². The van der Waals surface area contributed by atoms with Gasteiger partial charge >= 0.3 is 5.97 Å². The first-order valence-electron chi connectivity index (χ1n) is 28.2. The summed E-state index contributed by atoms with van der Waals surface area (Å²) in [6.45, 7) is 15.9. The second kappa shape index (κ2) is 22.1. The van der Waals surface area contributed by atoms with E-state index >= 15 is 0 Å². The van der Waals surface area contributed by atoms with Gasteiger partial charge in [0, 0.05) is 5.41 Å². The Morgan fingerprint density at radius 1 is 0.590 bits per heavy atom. The van der Waals surface area contributed by atoms with Crippen molar-refractivity contribution in [3.05, 3.63) is 11.6 Å². The Balaban J connectivity index is 0.956. The molecule has 23 heteroatoms. The van der Waals surface area contributed by atoms with E-state index in [4.69, 9.17) is 42.6 Å². The normalized spacial score (nSPS) is 55.1. The van der Waals surface area contributed by atoms with Crippen LogP contribution in [0.25, 0.3) is 0 Å². The van der Waals surface area contributed by atoms with Crippen molar-refractivity contribution >= 4 is 5.97 Å². The number of methoxy groups -OCH3 is 1. The number of fused-ring (bicyclic) bond motifs is 7. The number of rotatable bonds is 12. The van der Waals surface area contributed by atoms with E-state index in [1.165, 1.54) is 12.5 Å². The fraction of sp³-hybridized carbons (Fsp3) is 0.945. The third-order valence-corrected chi connectivity index (χ3v) is 21.9. The molecule has 0 aromatic heterocycles. The van der Waals surface area contributed by atoms with Crippen molar-refractivity contribution in [2.24, 2.45) is 50.2 Å². The summed E-state index contributed by atoms with van der Waals surface area (Å²) < 4.78 is 53.8. The van der Waals surface area contributed by atoms with E-state index in [1.807, 2.05) is 0 Å². The fourth-order valence-corrected chi connectivity index (χ4v) is 16.7. The van der Waals surface area contributed by atoms with Crippen LogP contribution in [-0.2, 0) is 47.4 Å². The Hall–Kier alpha value is -1.63. The topological polar surface area (TPSA) is 363 Å². The second-order valence-corrected chi connectivity index (χ2v) is 26.6. The Labute approximate surface area is 455 Å². The highest BCUT2D eigenvalue weighted by Crippen LogP contribution is 2.76. The van der Waals surface area contributed by atoms with Crippen LogP contribution >= 0.6 is 0 Å². The van der Waals surface area contributed by atoms with Crippen LogP contribution in [-0.4, -0.2) is 234 Å². The van der Waals surface area contributed by atoms with Gasteiger partial charge in [-0.15, -0.1) is 0 Å². The SMILES string of the molecule is COC(=O)C1OC(OC2CCC3(C)C(CCC4(C)C3CC=C3C5CC(C)(COC6OC(CO)C(O)C(O)C6O)CC(O)C5(C)CCC34C)C2(C)C)C(OC2OC(CO)C(O)C(O)C2OC2OC(C)C(O)C(O)C2O)C(O)C1O. The Morgan fingerprint density at radius 2 is 1.17 bits per heavy atom. The number of aliphatic hydroxyl groups is 13. The van der Waals surface area contributed by atoms with E-state index < -0.39 is 170 Å². The smallest absolute Gasteiger partial charge is 0.337 e. The minimum atomic E-state index is -1.94. The van der Waals surface area contributed by atoms with E-state index in [0.717, 1.165) is 45.6 Å². The second-order valence-electron chi connectivity index (χ2n) is 26.6. The van der Waals surface area contributed by atoms with Gasteiger partial charge in [-0.25, -0.2) is 4.79 Å². The van der Waals surface area contributed by atoms with Gasteiger partial charge in [-0.1, -0.05) is 60.1 Å². The molecular formula is C55H90O23. The van der Waals surface area contributed by atoms with Gasteiger partial charge in [0.05, 0.1) is 45.2 Å². The number of ether oxygens (including phenoxy) is 9. The number of hydrogen-bond donors (Lipinski definition) is 13. The standard InChI is InChI=1S/C55H90O23/c1-23-32(59)35(62)41(68)47(72-23)77-43-37(64)34(61)27(21-57)74-48(43)78-44-39(66)38(65)42(45(69)70-9)76-49(44)75-31-13-14-53(6)28(50(31,2)3)12-15-55(8)29(53)11-10-24-25-18-51(4,19-30(58)52(25,5)16-17-54(24,55)7)22-71-46-40(67)36(63)33(60)26(20-56)73-46/h10,23,25-44,46-49,56-68H,11-22H2,1-9H3. The quantitative estimate of drug-likeness (QED) is 0.0608. The fourth-order valence-electron chi connectivity index (χ4n) is 16.7. The molecule has 4 aliphatic heterocycles. The number of allylic oxidation sites excluding steroid dienone is 2. The van der Waals surface area contributed by atoms with Gasteiger partial charge in [-0.3, -0.25) is 0 Å². The molecule has 0 spiro atoms. The summed E-state index contributed by atoms with van der Waals surface area (Å²) in [5.74, 6) is -0.706. The minimum absolute atomic E-state index is 0.00198. The lowest BCUT2D eigenvalue weighted by molar-refractivity contribution is -0.395. The average Bonchev–Trinajstić information content (AvgIpc) is 3.58. The number of hydrogen-bond acceptors (Lipinski definition) is 23. The van der Waals surface area contributed by atoms with Crippen LogP contribution < -0.4 is 0 Å². The summed E-state index contributed by atoms with van der Waals surface area (Å²) in [6, 6.07) is 0. The highest BCUT2D eigenvalue weighted by Gasteiger charge is 2.70. The van der Waals surface area contributed by atoms with Gasteiger partial charge in [0.25, 0.3) is 0 Å². The highest BCUT2D eigenvalue weighted by atomic mass is 16.8. The van der Waals surface area contributed by atoms with Crippen LogP contribution in [0.3, 0.4) is 0 Å². The first-order valence-corrected chi connectivity index (χ1v) is 28.2. The van der Waals surface area contributed by atoms with Crippen molar-refractivity contribution in [1.29, 1.82) is 0 Å². The van der Waals surface area contributed by atoms with Gasteiger partial charge in [0.15, 0.2) is 31.3 Å². The zero-order chi connectivity index (χ0) is 57.1. The maximum absolute atomic E-state index is 13.1. The van der Waals surface area contributed by atoms with Gasteiger partial charge < -0.3 is 109 Å². The predicted molar refractivity (Wildman–Crippen MR) is 268 cm³/mol. The molecule has 5 aliphatic carbocycles. The molecule has 448 valence electrons. The van der Waals surface area contributed by atoms with Crippen molar-refractivity contribution in [2.75, 3.05) is 26.9 Å². The van der Waals surface area contributed by atoms with E-state index in [9.17, 15) is 71.2 Å². The molecule has 9 rings (SSSR count). The molecular weight excluding hydrogens is 1030 g/mol. The minimum Gasteiger partial charge on any atom is -0.467 e. The monoisotopic (exact) mass is 1120 g/mol. The summed E-state index contributed by atoms with van der Waals surface area (Å²) in [6.07, 6.45) is -24.8. The van der Waals surface area contributed by atoms with Crippen LogP contribution in [0.2, 0.25) is 0 Å². The van der Waals surface area contributed by atoms with Crippen molar-refractivity contribution in [1.82, 2.24) is 0 Å². The average molecular weight is 1120 g/mol. The Bertz CT molecular complexity index is 2150. The molecule has 30 unspecified atom stereocenters. The maximum atomic E-state index is 13.1. The molecule has 0 amide bonds. The number of aliphatic hydroxyl groups excluding tert-OH is 13. The first-order chi connectivity index (χ1) is 36.5. The van der Waals surface area contributed by atoms with Gasteiger partial charge in [-0.2, -0.15) is 0 Å². The van der Waals surface area contributed by atoms with Gasteiger partial charge in [0.2, 0.25) is 0 Å². The zero-order valence-corrected chi connectivity index (χ0v) is 46.4. The van der Waals surface area contributed by atoms with E-state index in [-0.39, 0.29) is 40.6 Å². The third-order valence-electron chi connectivity index (χ3n) is 21.9. The van der Waals surface area contributed by atoms with E-state index in [2.05, 4.69) is 54.5 Å². The summed E-state index contributed by atoms with van der Waals surface area (Å²) in [5.41, 5.74) is -0.855.